The van der Waals surface area contributed by atoms with Crippen molar-refractivity contribution < 1.29 is 9.94 Å². The summed E-state index contributed by atoms with van der Waals surface area (Å²) in [4.78, 5) is 5.56. The normalized spacial score (nSPS) is 16.8. The van der Waals surface area contributed by atoms with E-state index < -0.39 is 0 Å². The van der Waals surface area contributed by atoms with Gasteiger partial charge in [0.1, 0.15) is 0 Å². The summed E-state index contributed by atoms with van der Waals surface area (Å²) >= 11 is 0. The molecule has 1 fully saturated rings. The van der Waals surface area contributed by atoms with E-state index in [1.807, 2.05) is 24.3 Å². The van der Waals surface area contributed by atoms with Crippen LogP contribution in [-0.4, -0.2) is 11.2 Å². The molecule has 1 saturated carbocycles. The Bertz CT molecular complexity index is 304. The predicted molar refractivity (Wildman–Crippen MR) is 62.5 cm³/mol. The van der Waals surface area contributed by atoms with Crippen molar-refractivity contribution in [2.45, 2.75) is 44.9 Å². The molecule has 0 aliphatic heterocycles. The monoisotopic (exact) mass is 221 g/mol. The summed E-state index contributed by atoms with van der Waals surface area (Å²) in [5.74, 6) is 0. The zero-order valence-corrected chi connectivity index (χ0v) is 9.48. The van der Waals surface area contributed by atoms with E-state index in [0.717, 1.165) is 12.1 Å². The zero-order valence-electron chi connectivity index (χ0n) is 9.48. The number of hydrogen-bond donors (Lipinski definition) is 2. The highest BCUT2D eigenvalue weighted by Crippen LogP contribution is 2.19. The SMILES string of the molecule is OCc1ccc(CNOC2CCCC2)cc1. The van der Waals surface area contributed by atoms with Crippen LogP contribution in [0.3, 0.4) is 0 Å². The third kappa shape index (κ3) is 3.30. The van der Waals surface area contributed by atoms with Crippen LogP contribution in [0.2, 0.25) is 0 Å². The van der Waals surface area contributed by atoms with Gasteiger partial charge in [-0.2, -0.15) is 5.48 Å². The van der Waals surface area contributed by atoms with Gasteiger partial charge in [-0.1, -0.05) is 37.1 Å². The van der Waals surface area contributed by atoms with E-state index in [9.17, 15) is 0 Å². The molecule has 0 spiro atoms. The second-order valence-corrected chi connectivity index (χ2v) is 4.32. The van der Waals surface area contributed by atoms with E-state index in [0.29, 0.717) is 6.10 Å². The first-order chi connectivity index (χ1) is 7.88. The fourth-order valence-electron chi connectivity index (χ4n) is 2.01. The van der Waals surface area contributed by atoms with Gasteiger partial charge in [-0.3, -0.25) is 4.84 Å². The van der Waals surface area contributed by atoms with Gasteiger partial charge in [0.2, 0.25) is 0 Å². The Morgan fingerprint density at radius 1 is 1.12 bits per heavy atom. The van der Waals surface area contributed by atoms with Gasteiger partial charge in [-0.25, -0.2) is 0 Å². The average Bonchev–Trinajstić information content (AvgIpc) is 2.83. The van der Waals surface area contributed by atoms with Crippen molar-refractivity contribution in [3.63, 3.8) is 0 Å². The minimum Gasteiger partial charge on any atom is -0.392 e. The predicted octanol–water partition coefficient (Wildman–Crippen LogP) is 2.14. The molecule has 0 heterocycles. The summed E-state index contributed by atoms with van der Waals surface area (Å²) in [5.41, 5.74) is 5.14. The smallest absolute Gasteiger partial charge is 0.0790 e. The van der Waals surface area contributed by atoms with Gasteiger partial charge in [0.25, 0.3) is 0 Å². The standard InChI is InChI=1S/C13H19NO2/c15-10-12-7-5-11(6-8-12)9-14-16-13-3-1-2-4-13/h5-8,13-15H,1-4,9-10H2. The van der Waals surface area contributed by atoms with Crippen LogP contribution in [0.5, 0.6) is 0 Å². The lowest BCUT2D eigenvalue weighted by Crippen LogP contribution is -2.21. The molecule has 88 valence electrons. The average molecular weight is 221 g/mol. The van der Waals surface area contributed by atoms with E-state index >= 15 is 0 Å². The number of rotatable bonds is 5. The third-order valence-electron chi connectivity index (χ3n) is 3.03. The summed E-state index contributed by atoms with van der Waals surface area (Å²) in [6.45, 7) is 0.828. The molecule has 1 aliphatic rings. The molecule has 1 aromatic carbocycles. The third-order valence-corrected chi connectivity index (χ3v) is 3.03. The minimum absolute atomic E-state index is 0.103. The lowest BCUT2D eigenvalue weighted by molar-refractivity contribution is -0.0244. The molecular formula is C13H19NO2. The molecule has 0 radical (unpaired) electrons. The lowest BCUT2D eigenvalue weighted by atomic mass is 10.1. The molecule has 0 bridgehead atoms. The van der Waals surface area contributed by atoms with Gasteiger partial charge in [0.05, 0.1) is 12.7 Å². The summed E-state index contributed by atoms with van der Waals surface area (Å²) in [7, 11) is 0. The van der Waals surface area contributed by atoms with Gasteiger partial charge in [0, 0.05) is 6.54 Å². The number of benzene rings is 1. The molecule has 0 saturated heterocycles. The Hall–Kier alpha value is -0.900. The maximum Gasteiger partial charge on any atom is 0.0790 e. The summed E-state index contributed by atoms with van der Waals surface area (Å²) in [6.07, 6.45) is 5.33. The molecule has 2 rings (SSSR count). The second-order valence-electron chi connectivity index (χ2n) is 4.32. The highest BCUT2D eigenvalue weighted by atomic mass is 16.7. The fraction of sp³-hybridized carbons (Fsp3) is 0.538. The highest BCUT2D eigenvalue weighted by Gasteiger charge is 2.15. The van der Waals surface area contributed by atoms with Crippen molar-refractivity contribution in [3.8, 4) is 0 Å². The van der Waals surface area contributed by atoms with Crippen LogP contribution in [0.25, 0.3) is 0 Å². The van der Waals surface area contributed by atoms with E-state index in [1.54, 1.807) is 0 Å². The van der Waals surface area contributed by atoms with Crippen molar-refractivity contribution in [1.29, 1.82) is 0 Å². The highest BCUT2D eigenvalue weighted by molar-refractivity contribution is 5.21. The van der Waals surface area contributed by atoms with Gasteiger partial charge in [-0.15, -0.1) is 0 Å². The Balaban J connectivity index is 1.71. The van der Waals surface area contributed by atoms with Gasteiger partial charge in [-0.05, 0) is 24.0 Å². The fourth-order valence-corrected chi connectivity index (χ4v) is 2.01. The molecule has 1 aromatic rings. The van der Waals surface area contributed by atoms with E-state index in [4.69, 9.17) is 9.94 Å². The van der Waals surface area contributed by atoms with E-state index in [2.05, 4.69) is 5.48 Å². The Morgan fingerprint density at radius 3 is 2.38 bits per heavy atom. The molecule has 2 N–H and O–H groups in total. The largest absolute Gasteiger partial charge is 0.392 e. The van der Waals surface area contributed by atoms with Crippen LogP contribution < -0.4 is 5.48 Å². The van der Waals surface area contributed by atoms with Crippen LogP contribution in [0.1, 0.15) is 36.8 Å². The van der Waals surface area contributed by atoms with Crippen molar-refractivity contribution >= 4 is 0 Å². The van der Waals surface area contributed by atoms with E-state index in [1.165, 1.54) is 31.2 Å². The maximum absolute atomic E-state index is 8.91. The number of aliphatic hydroxyl groups excluding tert-OH is 1. The molecule has 3 nitrogen and oxygen atoms in total. The van der Waals surface area contributed by atoms with Crippen LogP contribution >= 0.6 is 0 Å². The Morgan fingerprint density at radius 2 is 1.75 bits per heavy atom. The zero-order chi connectivity index (χ0) is 11.2. The van der Waals surface area contributed by atoms with Crippen LogP contribution in [0.4, 0.5) is 0 Å². The molecule has 16 heavy (non-hydrogen) atoms. The topological polar surface area (TPSA) is 41.5 Å². The molecular weight excluding hydrogens is 202 g/mol. The van der Waals surface area contributed by atoms with Gasteiger partial charge < -0.3 is 5.11 Å². The first kappa shape index (κ1) is 11.6. The van der Waals surface area contributed by atoms with Crippen molar-refractivity contribution in [3.05, 3.63) is 35.4 Å². The van der Waals surface area contributed by atoms with Crippen molar-refractivity contribution in [2.75, 3.05) is 0 Å². The number of nitrogens with one attached hydrogen (secondary N) is 1. The lowest BCUT2D eigenvalue weighted by Gasteiger charge is -2.11. The molecule has 1 aliphatic carbocycles. The van der Waals surface area contributed by atoms with Gasteiger partial charge >= 0.3 is 0 Å². The summed E-state index contributed by atoms with van der Waals surface area (Å²) in [6, 6.07) is 7.90. The number of hydroxylamine groups is 1. The molecule has 0 atom stereocenters. The molecule has 0 amide bonds. The van der Waals surface area contributed by atoms with Crippen molar-refractivity contribution in [1.82, 2.24) is 5.48 Å². The summed E-state index contributed by atoms with van der Waals surface area (Å²) < 4.78 is 0. The maximum atomic E-state index is 8.91. The molecule has 0 unspecified atom stereocenters. The minimum atomic E-state index is 0.103. The Kier molecular flexibility index (Phi) is 4.34. The molecule has 0 aromatic heterocycles. The Labute approximate surface area is 96.4 Å². The number of aliphatic hydroxyl groups is 1. The quantitative estimate of drug-likeness (QED) is 0.748. The van der Waals surface area contributed by atoms with Crippen LogP contribution in [0.15, 0.2) is 24.3 Å². The summed E-state index contributed by atoms with van der Waals surface area (Å²) in [5, 5.41) is 8.91. The number of hydrogen-bond acceptors (Lipinski definition) is 3. The second kappa shape index (κ2) is 5.99. The van der Waals surface area contributed by atoms with Crippen LogP contribution in [-0.2, 0) is 18.0 Å². The van der Waals surface area contributed by atoms with Gasteiger partial charge in [0.15, 0.2) is 0 Å². The van der Waals surface area contributed by atoms with Crippen molar-refractivity contribution in [2.24, 2.45) is 0 Å². The molecule has 3 heteroatoms. The first-order valence-corrected chi connectivity index (χ1v) is 5.95. The first-order valence-electron chi connectivity index (χ1n) is 5.95. The van der Waals surface area contributed by atoms with E-state index in [-0.39, 0.29) is 6.61 Å². The van der Waals surface area contributed by atoms with Crippen LogP contribution in [0, 0.1) is 0 Å².